The minimum absolute atomic E-state index is 0.0862. The summed E-state index contributed by atoms with van der Waals surface area (Å²) in [6, 6.07) is 1.67. The Morgan fingerprint density at radius 1 is 1.35 bits per heavy atom. The molecule has 2 rings (SSSR count). The first-order valence-electron chi connectivity index (χ1n) is 5.93. The molecule has 0 aromatic heterocycles. The second-order valence-corrected chi connectivity index (χ2v) is 7.84. The lowest BCUT2D eigenvalue weighted by Crippen LogP contribution is -2.16. The van der Waals surface area contributed by atoms with Crippen LogP contribution in [-0.4, -0.2) is 20.5 Å². The Kier molecular flexibility index (Phi) is 4.71. The van der Waals surface area contributed by atoms with Gasteiger partial charge in [-0.3, -0.25) is 0 Å². The second kappa shape index (κ2) is 5.99. The zero-order chi connectivity index (χ0) is 14.9. The van der Waals surface area contributed by atoms with Crippen LogP contribution in [0.4, 0.5) is 4.39 Å². The number of rotatable bonds is 3. The molecule has 1 aromatic rings. The van der Waals surface area contributed by atoms with Crippen molar-refractivity contribution in [1.29, 1.82) is 0 Å². The van der Waals surface area contributed by atoms with Crippen molar-refractivity contribution in [2.75, 3.05) is 0 Å². The molecule has 0 amide bonds. The molecule has 0 spiro atoms. The third-order valence-corrected chi connectivity index (χ3v) is 5.53. The van der Waals surface area contributed by atoms with Crippen LogP contribution in [0.2, 0.25) is 0 Å². The minimum atomic E-state index is -4.16. The van der Waals surface area contributed by atoms with E-state index in [1.54, 1.807) is 0 Å². The quantitative estimate of drug-likeness (QED) is 0.589. The summed E-state index contributed by atoms with van der Waals surface area (Å²) in [5, 5.41) is 0. The van der Waals surface area contributed by atoms with E-state index in [0.717, 1.165) is 37.8 Å². The zero-order valence-corrected chi connectivity index (χ0v) is 13.4. The number of carbonyl (C=O) groups excluding carboxylic acids is 1. The van der Waals surface area contributed by atoms with Crippen LogP contribution in [0.3, 0.4) is 0 Å². The van der Waals surface area contributed by atoms with Crippen molar-refractivity contribution in [2.45, 2.75) is 36.7 Å². The summed E-state index contributed by atoms with van der Waals surface area (Å²) in [5.74, 6) is -1.63. The lowest BCUT2D eigenvalue weighted by molar-refractivity contribution is 0.0316. The molecule has 1 saturated carbocycles. The molecule has 20 heavy (non-hydrogen) atoms. The minimum Gasteiger partial charge on any atom is -0.459 e. The highest BCUT2D eigenvalue weighted by Crippen LogP contribution is 2.31. The van der Waals surface area contributed by atoms with Crippen molar-refractivity contribution in [3.05, 3.63) is 28.0 Å². The molecule has 1 aliphatic carbocycles. The summed E-state index contributed by atoms with van der Waals surface area (Å²) in [7, 11) is 1.04. The van der Waals surface area contributed by atoms with Crippen molar-refractivity contribution < 1.29 is 22.3 Å². The first kappa shape index (κ1) is 15.7. The van der Waals surface area contributed by atoms with E-state index in [2.05, 4.69) is 15.9 Å². The van der Waals surface area contributed by atoms with Gasteiger partial charge in [-0.1, -0.05) is 0 Å². The van der Waals surface area contributed by atoms with Gasteiger partial charge in [-0.2, -0.15) is 0 Å². The van der Waals surface area contributed by atoms with E-state index in [1.165, 1.54) is 0 Å². The van der Waals surface area contributed by atoms with Gasteiger partial charge in [0.15, 0.2) is 0 Å². The number of benzene rings is 1. The fourth-order valence-corrected chi connectivity index (χ4v) is 4.36. The highest BCUT2D eigenvalue weighted by molar-refractivity contribution is 9.10. The van der Waals surface area contributed by atoms with E-state index >= 15 is 0 Å². The molecule has 0 unspecified atom stereocenters. The Morgan fingerprint density at radius 3 is 2.50 bits per heavy atom. The average molecular weight is 386 g/mol. The van der Waals surface area contributed by atoms with E-state index in [-0.39, 0.29) is 16.1 Å². The van der Waals surface area contributed by atoms with Gasteiger partial charge in [0.2, 0.25) is 0 Å². The number of halogens is 3. The third-order valence-electron chi connectivity index (χ3n) is 3.06. The Bertz CT molecular complexity index is 641. The Labute approximate surface area is 128 Å². The molecule has 0 saturated heterocycles. The van der Waals surface area contributed by atoms with Crippen molar-refractivity contribution in [3.63, 3.8) is 0 Å². The molecule has 4 nitrogen and oxygen atoms in total. The smallest absolute Gasteiger partial charge is 0.339 e. The summed E-state index contributed by atoms with van der Waals surface area (Å²) in [6.45, 7) is 0. The Balaban J connectivity index is 2.36. The Morgan fingerprint density at radius 2 is 1.95 bits per heavy atom. The normalized spacial score (nSPS) is 16.4. The van der Waals surface area contributed by atoms with Gasteiger partial charge >= 0.3 is 5.97 Å². The van der Waals surface area contributed by atoms with Crippen LogP contribution < -0.4 is 0 Å². The highest BCUT2D eigenvalue weighted by Gasteiger charge is 2.26. The maximum atomic E-state index is 13.5. The molecular formula is C12H11BrClFO4S. The first-order chi connectivity index (χ1) is 9.29. The number of hydrogen-bond acceptors (Lipinski definition) is 4. The van der Waals surface area contributed by atoms with Crippen molar-refractivity contribution >= 4 is 41.6 Å². The molecule has 1 fully saturated rings. The maximum absolute atomic E-state index is 13.5. The van der Waals surface area contributed by atoms with E-state index in [4.69, 9.17) is 15.4 Å². The van der Waals surface area contributed by atoms with Crippen LogP contribution in [0.15, 0.2) is 21.5 Å². The van der Waals surface area contributed by atoms with Gasteiger partial charge in [0, 0.05) is 10.7 Å². The third kappa shape index (κ3) is 3.51. The number of hydrogen-bond donors (Lipinski definition) is 0. The molecule has 0 heterocycles. The fourth-order valence-electron chi connectivity index (χ4n) is 2.11. The molecule has 8 heteroatoms. The van der Waals surface area contributed by atoms with Gasteiger partial charge in [-0.15, -0.1) is 0 Å². The van der Waals surface area contributed by atoms with E-state index in [0.29, 0.717) is 0 Å². The molecule has 0 aliphatic heterocycles. The number of carbonyl (C=O) groups is 1. The van der Waals surface area contributed by atoms with Gasteiger partial charge in [0.05, 0.1) is 10.0 Å². The lowest BCUT2D eigenvalue weighted by atomic mass is 10.2. The predicted molar refractivity (Wildman–Crippen MR) is 74.8 cm³/mol. The van der Waals surface area contributed by atoms with Gasteiger partial charge in [0.1, 0.15) is 16.8 Å². The fraction of sp³-hybridized carbons (Fsp3) is 0.417. The molecular weight excluding hydrogens is 375 g/mol. The summed E-state index contributed by atoms with van der Waals surface area (Å²) < 4.78 is 41.3. The zero-order valence-electron chi connectivity index (χ0n) is 10.2. The topological polar surface area (TPSA) is 60.4 Å². The summed E-state index contributed by atoms with van der Waals surface area (Å²) in [5.41, 5.74) is -0.184. The van der Waals surface area contributed by atoms with E-state index < -0.39 is 25.7 Å². The van der Waals surface area contributed by atoms with E-state index in [1.807, 2.05) is 0 Å². The summed E-state index contributed by atoms with van der Waals surface area (Å²) in [4.78, 5) is 11.5. The number of ether oxygens (including phenoxy) is 1. The van der Waals surface area contributed by atoms with Crippen LogP contribution in [0.5, 0.6) is 0 Å². The Hall–Kier alpha value is -0.660. The SMILES string of the molecule is O=C(OC1CCCC1)c1cc(F)cc(S(=O)(=O)Cl)c1Br. The largest absolute Gasteiger partial charge is 0.459 e. The van der Waals surface area contributed by atoms with Crippen LogP contribution in [0.25, 0.3) is 0 Å². The maximum Gasteiger partial charge on any atom is 0.339 e. The molecule has 0 radical (unpaired) electrons. The summed E-state index contributed by atoms with van der Waals surface area (Å²) >= 11 is 2.97. The first-order valence-corrected chi connectivity index (χ1v) is 9.04. The van der Waals surface area contributed by atoms with Crippen molar-refractivity contribution in [1.82, 2.24) is 0 Å². The van der Waals surface area contributed by atoms with E-state index in [9.17, 15) is 17.6 Å². The second-order valence-electron chi connectivity index (χ2n) is 4.52. The predicted octanol–water partition coefficient (Wildman–Crippen LogP) is 3.62. The highest BCUT2D eigenvalue weighted by atomic mass is 79.9. The van der Waals surface area contributed by atoms with Crippen LogP contribution in [-0.2, 0) is 13.8 Å². The van der Waals surface area contributed by atoms with Gasteiger partial charge in [-0.05, 0) is 53.7 Å². The van der Waals surface area contributed by atoms with Crippen LogP contribution in [0.1, 0.15) is 36.0 Å². The van der Waals surface area contributed by atoms with Crippen molar-refractivity contribution in [2.24, 2.45) is 0 Å². The molecule has 0 atom stereocenters. The average Bonchev–Trinajstić information content (AvgIpc) is 2.83. The lowest BCUT2D eigenvalue weighted by Gasteiger charge is -2.13. The molecule has 0 N–H and O–H groups in total. The van der Waals surface area contributed by atoms with Crippen molar-refractivity contribution in [3.8, 4) is 0 Å². The van der Waals surface area contributed by atoms with Gasteiger partial charge < -0.3 is 4.74 Å². The molecule has 1 aliphatic rings. The standard InChI is InChI=1S/C12H11BrClFO4S/c13-11-9(12(16)19-8-3-1-2-4-8)5-7(15)6-10(11)20(14,17)18/h5-6,8H,1-4H2. The molecule has 0 bridgehead atoms. The number of esters is 1. The van der Waals surface area contributed by atoms with Gasteiger partial charge in [0.25, 0.3) is 9.05 Å². The summed E-state index contributed by atoms with van der Waals surface area (Å²) in [6.07, 6.45) is 3.28. The van der Waals surface area contributed by atoms with Crippen LogP contribution in [0, 0.1) is 5.82 Å². The van der Waals surface area contributed by atoms with Crippen LogP contribution >= 0.6 is 26.6 Å². The molecule has 110 valence electrons. The molecule has 1 aromatic carbocycles. The van der Waals surface area contributed by atoms with Gasteiger partial charge in [-0.25, -0.2) is 17.6 Å². The monoisotopic (exact) mass is 384 g/mol.